The van der Waals surface area contributed by atoms with Crippen LogP contribution >= 0.6 is 0 Å². The van der Waals surface area contributed by atoms with Crippen molar-refractivity contribution in [2.45, 2.75) is 26.1 Å². The molecule has 26 heteroatoms. The minimum Gasteiger partial charge on any atom is -0.495 e. The normalized spacial score (nSPS) is 12.2. The van der Waals surface area contributed by atoms with Crippen LogP contribution in [0.5, 0.6) is 11.5 Å². The van der Waals surface area contributed by atoms with E-state index in [9.17, 15) is 56.2 Å². The number of nitrogens with zero attached hydrogens (tertiary/aromatic N) is 12. The maximum Gasteiger partial charge on any atom is 0.232 e. The van der Waals surface area contributed by atoms with Gasteiger partial charge in [0.15, 0.2) is 0 Å². The molecule has 77 heavy (non-hydrogen) atoms. The smallest absolute Gasteiger partial charge is 0.232 e. The van der Waals surface area contributed by atoms with Crippen molar-refractivity contribution in [3.63, 3.8) is 0 Å². The summed E-state index contributed by atoms with van der Waals surface area (Å²) in [6.07, 6.45) is 8.02. The first-order valence-corrected chi connectivity index (χ1v) is 25.6. The average Bonchev–Trinajstić information content (AvgIpc) is 3.68. The van der Waals surface area contributed by atoms with Gasteiger partial charge in [-0.05, 0) is 35.4 Å². The summed E-state index contributed by atoms with van der Waals surface area (Å²) >= 11 is 0. The van der Waals surface area contributed by atoms with Crippen molar-refractivity contribution in [1.29, 1.82) is 0 Å². The standard InChI is InChI=1S/C51H76N12O14/c64-20-12-58(13-21-65)46-52-48(60(16-24-68)35-39-4-3-6-43(10-8-39)75-31-28-72)56-49(53-46)61(17-25-69)36-40-9-11-45(77-33-30-74)42(34-40)38-63(19-27-71)51-55-47(59(14-22-66)15-23-67)54-50(57-51)62(18-26-70)37-41-5-1-2-7-44(41)76-32-29-73/h1-5,7-11,34,64-74H,6,12-33,35-38H2. The van der Waals surface area contributed by atoms with E-state index in [2.05, 4.69) is 0 Å². The summed E-state index contributed by atoms with van der Waals surface area (Å²) < 4.78 is 17.5. The maximum absolute atomic E-state index is 10.6. The van der Waals surface area contributed by atoms with E-state index < -0.39 is 0 Å². The molecular weight excluding hydrogens is 1000 g/mol. The van der Waals surface area contributed by atoms with Crippen LogP contribution in [0.4, 0.5) is 35.7 Å². The van der Waals surface area contributed by atoms with E-state index in [1.165, 1.54) is 0 Å². The average molecular weight is 1080 g/mol. The largest absolute Gasteiger partial charge is 0.495 e. The fourth-order valence-electron chi connectivity index (χ4n) is 8.10. The molecule has 0 unspecified atom stereocenters. The zero-order valence-corrected chi connectivity index (χ0v) is 43.5. The van der Waals surface area contributed by atoms with Gasteiger partial charge in [0.2, 0.25) is 35.7 Å². The predicted molar refractivity (Wildman–Crippen MR) is 287 cm³/mol. The molecule has 424 valence electrons. The van der Waals surface area contributed by atoms with Gasteiger partial charge in [-0.1, -0.05) is 42.5 Å². The highest BCUT2D eigenvalue weighted by molar-refractivity contribution is 5.52. The van der Waals surface area contributed by atoms with E-state index in [4.69, 9.17) is 44.1 Å². The molecule has 0 saturated heterocycles. The Morgan fingerprint density at radius 2 is 0.766 bits per heavy atom. The summed E-state index contributed by atoms with van der Waals surface area (Å²) in [7, 11) is 0. The molecule has 0 bridgehead atoms. The summed E-state index contributed by atoms with van der Waals surface area (Å²) in [4.78, 5) is 38.9. The van der Waals surface area contributed by atoms with Crippen LogP contribution in [0.2, 0.25) is 0 Å². The van der Waals surface area contributed by atoms with Crippen LogP contribution in [0.25, 0.3) is 0 Å². The third kappa shape index (κ3) is 19.1. The molecule has 0 amide bonds. The van der Waals surface area contributed by atoms with Crippen molar-refractivity contribution in [3.8, 4) is 11.5 Å². The van der Waals surface area contributed by atoms with E-state index in [1.54, 1.807) is 53.7 Å². The zero-order valence-electron chi connectivity index (χ0n) is 43.5. The topological polar surface area (TPSA) is 347 Å². The summed E-state index contributed by atoms with van der Waals surface area (Å²) in [6.45, 7) is -1.96. The molecule has 1 aliphatic rings. The number of ether oxygens (including phenoxy) is 3. The van der Waals surface area contributed by atoms with Gasteiger partial charge in [0.25, 0.3) is 0 Å². The molecule has 0 atom stereocenters. The van der Waals surface area contributed by atoms with Gasteiger partial charge in [0.1, 0.15) is 31.3 Å². The molecule has 0 fully saturated rings. The molecule has 4 aromatic rings. The second kappa shape index (κ2) is 34.3. The van der Waals surface area contributed by atoms with Crippen LogP contribution in [0.3, 0.4) is 0 Å². The number of allylic oxidation sites excluding steroid dienone is 3. The van der Waals surface area contributed by atoms with E-state index in [-0.39, 0.29) is 207 Å². The van der Waals surface area contributed by atoms with Gasteiger partial charge in [-0.3, -0.25) is 0 Å². The number of hydrogen-bond acceptors (Lipinski definition) is 26. The Morgan fingerprint density at radius 1 is 0.377 bits per heavy atom. The van der Waals surface area contributed by atoms with Crippen molar-refractivity contribution >= 4 is 35.7 Å². The fourth-order valence-corrected chi connectivity index (χ4v) is 8.10. The minimum absolute atomic E-state index is 0.0118. The van der Waals surface area contributed by atoms with Gasteiger partial charge in [0, 0.05) is 96.1 Å². The lowest BCUT2D eigenvalue weighted by Crippen LogP contribution is -2.36. The summed E-state index contributed by atoms with van der Waals surface area (Å²) in [5.41, 5.74) is 2.77. The molecule has 2 aromatic carbocycles. The lowest BCUT2D eigenvalue weighted by Gasteiger charge is -2.29. The second-order valence-electron chi connectivity index (χ2n) is 17.2. The Labute approximate surface area is 448 Å². The lowest BCUT2D eigenvalue weighted by molar-refractivity contribution is 0.142. The van der Waals surface area contributed by atoms with E-state index >= 15 is 0 Å². The first-order valence-electron chi connectivity index (χ1n) is 25.6. The molecular formula is C51H76N12O14. The van der Waals surface area contributed by atoms with E-state index in [0.717, 1.165) is 5.57 Å². The van der Waals surface area contributed by atoms with Gasteiger partial charge in [-0.15, -0.1) is 0 Å². The molecule has 2 aromatic heterocycles. The van der Waals surface area contributed by atoms with E-state index in [1.807, 2.05) is 42.5 Å². The summed E-state index contributed by atoms with van der Waals surface area (Å²) in [6, 6.07) is 12.6. The number of hydrogen-bond donors (Lipinski definition) is 11. The number of anilines is 6. The van der Waals surface area contributed by atoms with Crippen molar-refractivity contribution in [2.24, 2.45) is 0 Å². The quantitative estimate of drug-likeness (QED) is 0.0229. The molecule has 0 saturated carbocycles. The number of para-hydroxylation sites is 1. The van der Waals surface area contributed by atoms with Gasteiger partial charge in [-0.25, -0.2) is 0 Å². The van der Waals surface area contributed by atoms with E-state index in [0.29, 0.717) is 40.4 Å². The Morgan fingerprint density at radius 3 is 1.23 bits per heavy atom. The van der Waals surface area contributed by atoms with Gasteiger partial charge in [0.05, 0.1) is 78.4 Å². The van der Waals surface area contributed by atoms with Crippen LogP contribution in [-0.4, -0.2) is 237 Å². The molecule has 11 N–H and O–H groups in total. The van der Waals surface area contributed by atoms with Crippen LogP contribution in [0, 0.1) is 0 Å². The second-order valence-corrected chi connectivity index (χ2v) is 17.2. The SMILES string of the molecule is OCCOC1=CC=C(CN(CCO)c2nc(N(CCO)CCO)nc(N(CCO)Cc3ccc(OCCO)c(CN(CCO)c4nc(N(CCO)CCO)nc(N(CCO)Cc5ccccc5OCCO)n4)c3)n2)C=CC1. The third-order valence-corrected chi connectivity index (χ3v) is 11.6. The first-order chi connectivity index (χ1) is 37.7. The van der Waals surface area contributed by atoms with Crippen LogP contribution in [-0.2, 0) is 24.4 Å². The van der Waals surface area contributed by atoms with Crippen LogP contribution in [0.1, 0.15) is 23.1 Å². The highest BCUT2D eigenvalue weighted by Gasteiger charge is 2.25. The van der Waals surface area contributed by atoms with Crippen LogP contribution < -0.4 is 38.9 Å². The molecule has 0 aliphatic heterocycles. The first kappa shape index (κ1) is 61.3. The molecule has 1 aliphatic carbocycles. The lowest BCUT2D eigenvalue weighted by atomic mass is 10.1. The van der Waals surface area contributed by atoms with Crippen LogP contribution in [0.15, 0.2) is 78.1 Å². The Kier molecular flexibility index (Phi) is 27.3. The molecule has 2 heterocycles. The number of benzene rings is 2. The van der Waals surface area contributed by atoms with Crippen molar-refractivity contribution in [1.82, 2.24) is 29.9 Å². The Hall–Kier alpha value is -6.56. The highest BCUT2D eigenvalue weighted by Crippen LogP contribution is 2.30. The van der Waals surface area contributed by atoms with Crippen molar-refractivity contribution in [3.05, 3.63) is 94.8 Å². The molecule has 0 radical (unpaired) electrons. The number of rotatable bonds is 39. The zero-order chi connectivity index (χ0) is 55.2. The third-order valence-electron chi connectivity index (χ3n) is 11.6. The maximum atomic E-state index is 10.6. The number of aromatic nitrogens is 6. The monoisotopic (exact) mass is 1080 g/mol. The highest BCUT2D eigenvalue weighted by atomic mass is 16.5. The molecule has 26 nitrogen and oxygen atoms in total. The molecule has 0 spiro atoms. The van der Waals surface area contributed by atoms with Gasteiger partial charge >= 0.3 is 0 Å². The van der Waals surface area contributed by atoms with Gasteiger partial charge < -0.3 is 99.8 Å². The van der Waals surface area contributed by atoms with Crippen molar-refractivity contribution < 1.29 is 70.4 Å². The fraction of sp³-hybridized carbons (Fsp3) is 0.529. The Bertz CT molecular complexity index is 2430. The number of aliphatic hydroxyl groups excluding tert-OH is 11. The minimum atomic E-state index is -0.356. The molecule has 5 rings (SSSR count). The van der Waals surface area contributed by atoms with Gasteiger partial charge in [-0.2, -0.15) is 29.9 Å². The summed E-state index contributed by atoms with van der Waals surface area (Å²) in [5, 5.41) is 111. The Balaban J connectivity index is 1.59. The van der Waals surface area contributed by atoms with Crippen molar-refractivity contribution in [2.75, 3.05) is 181 Å². The number of aliphatic hydroxyl groups is 11. The summed E-state index contributed by atoms with van der Waals surface area (Å²) in [5.74, 6) is 2.27. The predicted octanol–water partition coefficient (Wildman–Crippen LogP) is -2.04.